The third-order valence-electron chi connectivity index (χ3n) is 8.00. The van der Waals surface area contributed by atoms with Gasteiger partial charge in [0.25, 0.3) is 5.91 Å². The maximum Gasteiger partial charge on any atom is 0.254 e. The molecule has 6 heteroatoms. The van der Waals surface area contributed by atoms with Crippen molar-refractivity contribution in [2.45, 2.75) is 45.8 Å². The molecular formula is C39H40FN3O2. The third kappa shape index (κ3) is 8.79. The van der Waals surface area contributed by atoms with Crippen LogP contribution in [-0.4, -0.2) is 39.3 Å². The van der Waals surface area contributed by atoms with E-state index in [9.17, 15) is 14.0 Å². The van der Waals surface area contributed by atoms with Crippen LogP contribution >= 0.6 is 0 Å². The van der Waals surface area contributed by atoms with Crippen LogP contribution in [0.25, 0.3) is 11.1 Å². The lowest BCUT2D eigenvalue weighted by atomic mass is 10.0. The summed E-state index contributed by atoms with van der Waals surface area (Å²) in [6.07, 6.45) is 4.81. The van der Waals surface area contributed by atoms with E-state index in [1.54, 1.807) is 17.0 Å². The summed E-state index contributed by atoms with van der Waals surface area (Å²) in [6, 6.07) is 38.1. The predicted molar refractivity (Wildman–Crippen MR) is 178 cm³/mol. The first kappa shape index (κ1) is 31.5. The van der Waals surface area contributed by atoms with E-state index in [1.165, 1.54) is 12.1 Å². The van der Waals surface area contributed by atoms with Gasteiger partial charge in [-0.3, -0.25) is 9.59 Å². The van der Waals surface area contributed by atoms with Crippen molar-refractivity contribution in [2.24, 2.45) is 0 Å². The fraction of sp³-hybridized carbons (Fsp3) is 0.231. The molecule has 0 N–H and O–H groups in total. The number of amides is 2. The summed E-state index contributed by atoms with van der Waals surface area (Å²) in [5.41, 5.74) is 5.65. The Balaban J connectivity index is 1.36. The summed E-state index contributed by atoms with van der Waals surface area (Å²) in [6.45, 7) is 4.00. The number of nitrogens with zero attached hydrogens (tertiary/aromatic N) is 3. The highest BCUT2D eigenvalue weighted by Gasteiger charge is 2.23. The number of aromatic nitrogens is 1. The number of rotatable bonds is 14. The molecule has 0 aliphatic rings. The van der Waals surface area contributed by atoms with Crippen LogP contribution in [0.1, 0.15) is 53.4 Å². The van der Waals surface area contributed by atoms with Crippen LogP contribution in [0.2, 0.25) is 0 Å². The molecule has 0 atom stereocenters. The Labute approximate surface area is 265 Å². The van der Waals surface area contributed by atoms with Gasteiger partial charge in [-0.05, 0) is 65.1 Å². The first-order valence-electron chi connectivity index (χ1n) is 15.6. The van der Waals surface area contributed by atoms with Crippen LogP contribution in [0.15, 0.2) is 128 Å². The Kier molecular flexibility index (Phi) is 10.9. The molecule has 0 bridgehead atoms. The van der Waals surface area contributed by atoms with Gasteiger partial charge in [-0.15, -0.1) is 0 Å². The summed E-state index contributed by atoms with van der Waals surface area (Å²) in [5, 5.41) is 0. The number of carbonyl (C=O) groups excluding carboxylic acids is 2. The molecule has 0 aliphatic heterocycles. The van der Waals surface area contributed by atoms with Crippen molar-refractivity contribution in [2.75, 3.05) is 13.1 Å². The summed E-state index contributed by atoms with van der Waals surface area (Å²) < 4.78 is 15.6. The molecule has 230 valence electrons. The van der Waals surface area contributed by atoms with Gasteiger partial charge >= 0.3 is 0 Å². The highest BCUT2D eigenvalue weighted by atomic mass is 19.1. The zero-order valence-electron chi connectivity index (χ0n) is 25.8. The first-order chi connectivity index (χ1) is 22.0. The molecule has 0 saturated carbocycles. The van der Waals surface area contributed by atoms with E-state index in [4.69, 9.17) is 0 Å². The zero-order valence-corrected chi connectivity index (χ0v) is 25.8. The average molecular weight is 602 g/mol. The predicted octanol–water partition coefficient (Wildman–Crippen LogP) is 8.20. The minimum atomic E-state index is -0.267. The smallest absolute Gasteiger partial charge is 0.254 e. The molecule has 5 nitrogen and oxygen atoms in total. The summed E-state index contributed by atoms with van der Waals surface area (Å²) in [4.78, 5) is 31.4. The monoisotopic (exact) mass is 601 g/mol. The van der Waals surface area contributed by atoms with E-state index in [0.29, 0.717) is 31.7 Å². The number of benzene rings is 4. The van der Waals surface area contributed by atoms with E-state index in [1.807, 2.05) is 108 Å². The zero-order chi connectivity index (χ0) is 31.4. The van der Waals surface area contributed by atoms with Crippen LogP contribution < -0.4 is 0 Å². The SMILES string of the molecule is CCCCCN(CC(=O)N(Cc1ccccc1)Cc1cccn1Cc1ccc(F)cc1)C(=O)c1ccc(-c2ccccc2)cc1. The highest BCUT2D eigenvalue weighted by molar-refractivity contribution is 5.97. The molecule has 1 heterocycles. The molecule has 0 saturated heterocycles. The number of hydrogen-bond acceptors (Lipinski definition) is 2. The van der Waals surface area contributed by atoms with Crippen LogP contribution in [-0.2, 0) is 24.4 Å². The van der Waals surface area contributed by atoms with E-state index in [2.05, 4.69) is 11.5 Å². The van der Waals surface area contributed by atoms with Crippen LogP contribution in [0.5, 0.6) is 0 Å². The van der Waals surface area contributed by atoms with Gasteiger partial charge < -0.3 is 14.4 Å². The maximum absolute atomic E-state index is 14.1. The second kappa shape index (κ2) is 15.7. The summed E-state index contributed by atoms with van der Waals surface area (Å²) >= 11 is 0. The molecule has 0 radical (unpaired) electrons. The Morgan fingerprint density at radius 2 is 1.33 bits per heavy atom. The van der Waals surface area contributed by atoms with Crippen molar-refractivity contribution < 1.29 is 14.0 Å². The Hall–Kier alpha value is -4.97. The van der Waals surface area contributed by atoms with E-state index in [-0.39, 0.29) is 24.2 Å². The van der Waals surface area contributed by atoms with E-state index < -0.39 is 0 Å². The largest absolute Gasteiger partial charge is 0.345 e. The van der Waals surface area contributed by atoms with Gasteiger partial charge in [0.15, 0.2) is 0 Å². The van der Waals surface area contributed by atoms with Crippen LogP contribution in [0.4, 0.5) is 4.39 Å². The maximum atomic E-state index is 14.1. The van der Waals surface area contributed by atoms with Gasteiger partial charge in [-0.2, -0.15) is 0 Å². The summed E-state index contributed by atoms with van der Waals surface area (Å²) in [5.74, 6) is -0.520. The van der Waals surface area contributed by atoms with Crippen molar-refractivity contribution in [1.82, 2.24) is 14.4 Å². The van der Waals surface area contributed by atoms with Crippen molar-refractivity contribution in [3.05, 3.63) is 156 Å². The molecule has 0 unspecified atom stereocenters. The second-order valence-electron chi connectivity index (χ2n) is 11.4. The molecular weight excluding hydrogens is 561 g/mol. The van der Waals surface area contributed by atoms with Crippen molar-refractivity contribution in [3.63, 3.8) is 0 Å². The quantitative estimate of drug-likeness (QED) is 0.120. The van der Waals surface area contributed by atoms with Gasteiger partial charge in [-0.25, -0.2) is 4.39 Å². The first-order valence-corrected chi connectivity index (χ1v) is 15.6. The average Bonchev–Trinajstić information content (AvgIpc) is 3.51. The standard InChI is InChI=1S/C39H40FN3O2/c1-2-3-10-25-42(39(45)35-21-19-34(20-22-35)33-14-8-5-9-15-33)30-38(44)43(28-31-12-6-4-7-13-31)29-37-16-11-26-41(37)27-32-17-23-36(40)24-18-32/h4-9,11-24,26H,2-3,10,25,27-30H2,1H3. The van der Waals surface area contributed by atoms with Gasteiger partial charge in [-0.1, -0.05) is 105 Å². The Bertz CT molecular complexity index is 1650. The molecule has 4 aromatic carbocycles. The minimum Gasteiger partial charge on any atom is -0.345 e. The molecule has 45 heavy (non-hydrogen) atoms. The minimum absolute atomic E-state index is 0.00547. The number of carbonyl (C=O) groups is 2. The third-order valence-corrected chi connectivity index (χ3v) is 8.00. The van der Waals surface area contributed by atoms with E-state index >= 15 is 0 Å². The van der Waals surface area contributed by atoms with Crippen LogP contribution in [0, 0.1) is 5.82 Å². The number of unbranched alkanes of at least 4 members (excludes halogenated alkanes) is 2. The molecule has 5 aromatic rings. The number of hydrogen-bond donors (Lipinski definition) is 0. The molecule has 0 spiro atoms. The van der Waals surface area contributed by atoms with Crippen molar-refractivity contribution in [3.8, 4) is 11.1 Å². The lowest BCUT2D eigenvalue weighted by Gasteiger charge is -2.28. The second-order valence-corrected chi connectivity index (χ2v) is 11.4. The molecule has 1 aromatic heterocycles. The topological polar surface area (TPSA) is 45.6 Å². The van der Waals surface area contributed by atoms with Crippen LogP contribution in [0.3, 0.4) is 0 Å². The Morgan fingerprint density at radius 1 is 0.667 bits per heavy atom. The molecule has 0 aliphatic carbocycles. The lowest BCUT2D eigenvalue weighted by molar-refractivity contribution is -0.133. The lowest BCUT2D eigenvalue weighted by Crippen LogP contribution is -2.43. The Morgan fingerprint density at radius 3 is 2.02 bits per heavy atom. The van der Waals surface area contributed by atoms with Gasteiger partial charge in [0.05, 0.1) is 6.54 Å². The normalized spacial score (nSPS) is 10.9. The number of halogens is 1. The molecule has 0 fully saturated rings. The van der Waals surface area contributed by atoms with Gasteiger partial charge in [0.2, 0.25) is 5.91 Å². The summed E-state index contributed by atoms with van der Waals surface area (Å²) in [7, 11) is 0. The molecule has 2 amide bonds. The van der Waals surface area contributed by atoms with E-state index in [0.717, 1.165) is 47.2 Å². The molecule has 5 rings (SSSR count). The van der Waals surface area contributed by atoms with Crippen molar-refractivity contribution in [1.29, 1.82) is 0 Å². The highest BCUT2D eigenvalue weighted by Crippen LogP contribution is 2.21. The fourth-order valence-corrected chi connectivity index (χ4v) is 5.45. The van der Waals surface area contributed by atoms with Gasteiger partial charge in [0, 0.05) is 37.1 Å². The van der Waals surface area contributed by atoms with Crippen molar-refractivity contribution >= 4 is 11.8 Å². The fourth-order valence-electron chi connectivity index (χ4n) is 5.45. The van der Waals surface area contributed by atoms with Gasteiger partial charge in [0.1, 0.15) is 12.4 Å².